The molecule has 0 rings (SSSR count). The summed E-state index contributed by atoms with van der Waals surface area (Å²) in [4.78, 5) is 31.6. The zero-order valence-electron chi connectivity index (χ0n) is 7.21. The Morgan fingerprint density at radius 2 is 1.85 bits per heavy atom. The van der Waals surface area contributed by atoms with Crippen LogP contribution in [0.5, 0.6) is 0 Å². The maximum atomic E-state index is 10.0. The van der Waals surface area contributed by atoms with Crippen molar-refractivity contribution in [1.82, 2.24) is 0 Å². The summed E-state index contributed by atoms with van der Waals surface area (Å²) in [7, 11) is -4.64. The van der Waals surface area contributed by atoms with Crippen LogP contribution in [0.3, 0.4) is 0 Å². The minimum Gasteiger partial charge on any atom is -0.496 e. The third kappa shape index (κ3) is 48.5. The number of ether oxygens (including phenoxy) is 1. The van der Waals surface area contributed by atoms with E-state index in [1.807, 2.05) is 0 Å². The minimum absolute atomic E-state index is 0. The summed E-state index contributed by atoms with van der Waals surface area (Å²) in [6.07, 6.45) is 1.10. The summed E-state index contributed by atoms with van der Waals surface area (Å²) in [5.41, 5.74) is 0. The van der Waals surface area contributed by atoms with E-state index in [1.54, 1.807) is 0 Å². The van der Waals surface area contributed by atoms with Crippen LogP contribution in [0.2, 0.25) is 0 Å². The van der Waals surface area contributed by atoms with Crippen molar-refractivity contribution in [2.24, 2.45) is 0 Å². The van der Waals surface area contributed by atoms with Crippen LogP contribution in [0.4, 0.5) is 0 Å². The van der Waals surface area contributed by atoms with Gasteiger partial charge in [-0.2, -0.15) is 0 Å². The van der Waals surface area contributed by atoms with Crippen LogP contribution in [-0.4, -0.2) is 27.3 Å². The Morgan fingerprint density at radius 3 is 1.92 bits per heavy atom. The molecule has 6 nitrogen and oxygen atoms in total. The molecule has 0 aromatic heterocycles. The van der Waals surface area contributed by atoms with Crippen molar-refractivity contribution in [3.63, 3.8) is 0 Å². The fourth-order valence-corrected chi connectivity index (χ4v) is 0.160. The topological polar surface area (TPSA) is 104 Å². The van der Waals surface area contributed by atoms with Gasteiger partial charge >= 0.3 is 32.7 Å². The molecule has 0 fully saturated rings. The Morgan fingerprint density at radius 1 is 1.54 bits per heavy atom. The average Bonchev–Trinajstić information content (AvgIpc) is 1.85. The summed E-state index contributed by atoms with van der Waals surface area (Å²) in [6.45, 7) is 6.63. The number of carbonyl (C=O) groups excluding carboxylic acids is 1. The van der Waals surface area contributed by atoms with Crippen LogP contribution < -0.4 is 18.9 Å². The van der Waals surface area contributed by atoms with Gasteiger partial charge in [0, 0.05) is 6.08 Å². The molecule has 0 radical (unpaired) electrons. The van der Waals surface area contributed by atoms with E-state index < -0.39 is 13.8 Å². The molecule has 0 aliphatic rings. The molecule has 8 heteroatoms. The second-order valence-electron chi connectivity index (χ2n) is 1.38. The first-order valence-corrected chi connectivity index (χ1v) is 4.24. The molecular weight excluding hydrogens is 194 g/mol. The monoisotopic (exact) mass is 204 g/mol. The number of hydrogen-bond donors (Lipinski definition) is 3. The molecular formula is C5H10LiO6P. The third-order valence-corrected chi connectivity index (χ3v) is 0.411. The largest absolute Gasteiger partial charge is 1.00 e. The van der Waals surface area contributed by atoms with Crippen LogP contribution in [0, 0.1) is 6.92 Å². The summed E-state index contributed by atoms with van der Waals surface area (Å²) in [6, 6.07) is 0. The van der Waals surface area contributed by atoms with Crippen molar-refractivity contribution < 1.29 is 47.6 Å². The Hall–Kier alpha value is -0.0826. The van der Waals surface area contributed by atoms with Crippen molar-refractivity contribution in [3.8, 4) is 0 Å². The van der Waals surface area contributed by atoms with Crippen LogP contribution in [-0.2, 0) is 14.1 Å². The first kappa shape index (κ1) is 18.7. The molecule has 0 saturated heterocycles. The molecule has 0 saturated carbocycles. The van der Waals surface area contributed by atoms with Crippen LogP contribution in [0.15, 0.2) is 12.7 Å². The summed E-state index contributed by atoms with van der Waals surface area (Å²) >= 11 is 0. The van der Waals surface area contributed by atoms with Gasteiger partial charge in [-0.15, -0.1) is 0 Å². The van der Waals surface area contributed by atoms with E-state index in [-0.39, 0.29) is 25.5 Å². The van der Waals surface area contributed by atoms with Gasteiger partial charge in [0.2, 0.25) is 0 Å². The molecule has 0 atom stereocenters. The fraction of sp³-hybridized carbons (Fsp3) is 0.200. The summed E-state index contributed by atoms with van der Waals surface area (Å²) in [5, 5.41) is 0. The molecule has 0 bridgehead atoms. The van der Waals surface area contributed by atoms with Gasteiger partial charge < -0.3 is 26.3 Å². The van der Waals surface area contributed by atoms with Gasteiger partial charge in [-0.1, -0.05) is 6.58 Å². The number of phosphoric acid groups is 1. The van der Waals surface area contributed by atoms with E-state index in [9.17, 15) is 4.79 Å². The number of esters is 1. The quantitative estimate of drug-likeness (QED) is 0.142. The van der Waals surface area contributed by atoms with E-state index in [1.165, 1.54) is 0 Å². The van der Waals surface area contributed by atoms with Gasteiger partial charge in [-0.05, 0) is 6.61 Å². The third-order valence-electron chi connectivity index (χ3n) is 0.411. The van der Waals surface area contributed by atoms with Gasteiger partial charge in [-0.3, -0.25) is 0 Å². The van der Waals surface area contributed by atoms with Gasteiger partial charge in [0.1, 0.15) is 0 Å². The van der Waals surface area contributed by atoms with E-state index in [0.717, 1.165) is 6.08 Å². The summed E-state index contributed by atoms with van der Waals surface area (Å²) in [5.74, 6) is -0.421. The van der Waals surface area contributed by atoms with E-state index in [4.69, 9.17) is 19.2 Å². The Bertz CT molecular complexity index is 179. The number of hydrogen-bond acceptors (Lipinski definition) is 3. The molecule has 0 aromatic rings. The molecule has 0 amide bonds. The molecule has 0 aliphatic carbocycles. The van der Waals surface area contributed by atoms with Gasteiger partial charge in [0.25, 0.3) is 0 Å². The zero-order valence-corrected chi connectivity index (χ0v) is 8.11. The van der Waals surface area contributed by atoms with Crippen molar-refractivity contribution in [2.75, 3.05) is 6.61 Å². The van der Waals surface area contributed by atoms with Gasteiger partial charge in [0.05, 0.1) is 0 Å². The maximum Gasteiger partial charge on any atom is 1.00 e. The Kier molecular flexibility index (Phi) is 14.4. The molecule has 72 valence electrons. The summed E-state index contributed by atoms with van der Waals surface area (Å²) < 4.78 is 13.2. The standard InChI is InChI=1S/C5H7O2.Li.H3O4P/c1-3-5(6)7-4-2;;1-5(2,3)4/h3H,1-2,4H2;;(H3,1,2,3,4)/q-1;+1;. The molecule has 0 unspecified atom stereocenters. The van der Waals surface area contributed by atoms with Crippen molar-refractivity contribution in [2.45, 2.75) is 0 Å². The predicted octanol–water partition coefficient (Wildman–Crippen LogP) is -3.37. The number of carbonyl (C=O) groups is 1. The minimum atomic E-state index is -4.64. The fourth-order valence-electron chi connectivity index (χ4n) is 0.160. The van der Waals surface area contributed by atoms with Crippen molar-refractivity contribution >= 4 is 13.8 Å². The second kappa shape index (κ2) is 10.0. The normalized spacial score (nSPS) is 8.62. The van der Waals surface area contributed by atoms with Gasteiger partial charge in [0.15, 0.2) is 0 Å². The molecule has 0 spiro atoms. The van der Waals surface area contributed by atoms with Crippen molar-refractivity contribution in [1.29, 1.82) is 0 Å². The van der Waals surface area contributed by atoms with Crippen molar-refractivity contribution in [3.05, 3.63) is 19.6 Å². The van der Waals surface area contributed by atoms with E-state index in [0.29, 0.717) is 0 Å². The van der Waals surface area contributed by atoms with Crippen LogP contribution in [0.1, 0.15) is 0 Å². The van der Waals surface area contributed by atoms with E-state index in [2.05, 4.69) is 18.2 Å². The molecule has 0 aliphatic heterocycles. The SMILES string of the molecule is C=CC(=O)OC[CH2-].O=P(O)(O)O.[Li+]. The molecule has 3 N–H and O–H groups in total. The predicted molar refractivity (Wildman–Crippen MR) is 40.8 cm³/mol. The second-order valence-corrected chi connectivity index (χ2v) is 2.41. The molecule has 13 heavy (non-hydrogen) atoms. The number of rotatable bonds is 2. The first-order chi connectivity index (χ1) is 5.31. The molecule has 0 heterocycles. The molecule has 0 aromatic carbocycles. The van der Waals surface area contributed by atoms with Crippen LogP contribution >= 0.6 is 7.82 Å². The Labute approximate surface area is 88.0 Å². The zero-order chi connectivity index (χ0) is 10.2. The maximum absolute atomic E-state index is 10.0. The smallest absolute Gasteiger partial charge is 0.496 e. The van der Waals surface area contributed by atoms with Gasteiger partial charge in [-0.25, -0.2) is 9.36 Å². The average molecular weight is 204 g/mol. The van der Waals surface area contributed by atoms with E-state index >= 15 is 0 Å². The first-order valence-electron chi connectivity index (χ1n) is 2.68. The van der Waals surface area contributed by atoms with Crippen LogP contribution in [0.25, 0.3) is 0 Å². The Balaban J connectivity index is -0.000000150.